The molecule has 2 aromatic heterocycles. The molecule has 2 aromatic rings. The minimum atomic E-state index is 0.570. The third-order valence-electron chi connectivity index (χ3n) is 3.05. The summed E-state index contributed by atoms with van der Waals surface area (Å²) in [5.74, 6) is 1.67. The highest BCUT2D eigenvalue weighted by Crippen LogP contribution is 2.29. The molecule has 1 fully saturated rings. The molecule has 1 aliphatic heterocycles. The van der Waals surface area contributed by atoms with Crippen LogP contribution in [0.3, 0.4) is 0 Å². The van der Waals surface area contributed by atoms with Gasteiger partial charge in [-0.1, -0.05) is 0 Å². The number of hydrogen-bond acceptors (Lipinski definition) is 3. The zero-order chi connectivity index (χ0) is 10.1. The van der Waals surface area contributed by atoms with Crippen LogP contribution in [0.2, 0.25) is 0 Å². The highest BCUT2D eigenvalue weighted by molar-refractivity contribution is 5.72. The van der Waals surface area contributed by atoms with Crippen molar-refractivity contribution in [1.82, 2.24) is 10.3 Å². The van der Waals surface area contributed by atoms with Crippen molar-refractivity contribution in [3.8, 4) is 0 Å². The van der Waals surface area contributed by atoms with Gasteiger partial charge >= 0.3 is 0 Å². The maximum atomic E-state index is 5.82. The molecule has 3 heteroatoms. The number of nitrogens with zero attached hydrogens (tertiary/aromatic N) is 1. The van der Waals surface area contributed by atoms with Gasteiger partial charge in [0.2, 0.25) is 0 Å². The minimum absolute atomic E-state index is 0.570. The third kappa shape index (κ3) is 1.63. The van der Waals surface area contributed by atoms with Crippen molar-refractivity contribution >= 4 is 11.1 Å². The number of aromatic nitrogens is 1. The van der Waals surface area contributed by atoms with Crippen LogP contribution in [0.4, 0.5) is 0 Å². The Hall–Kier alpha value is -1.35. The second-order valence-corrected chi connectivity index (χ2v) is 4.06. The quantitative estimate of drug-likeness (QED) is 0.771. The number of piperidine rings is 1. The molecule has 0 spiro atoms. The van der Waals surface area contributed by atoms with E-state index in [0.717, 1.165) is 29.9 Å². The van der Waals surface area contributed by atoms with Crippen molar-refractivity contribution < 1.29 is 4.42 Å². The molecule has 15 heavy (non-hydrogen) atoms. The summed E-state index contributed by atoms with van der Waals surface area (Å²) in [5.41, 5.74) is 1.89. The average Bonchev–Trinajstić information content (AvgIpc) is 2.74. The maximum Gasteiger partial charge on any atom is 0.152 e. The highest BCUT2D eigenvalue weighted by atomic mass is 16.3. The van der Waals surface area contributed by atoms with Gasteiger partial charge in [-0.2, -0.15) is 0 Å². The van der Waals surface area contributed by atoms with Gasteiger partial charge in [0, 0.05) is 18.2 Å². The highest BCUT2D eigenvalue weighted by Gasteiger charge is 2.18. The fraction of sp³-hybridized carbons (Fsp3) is 0.417. The number of rotatable bonds is 1. The monoisotopic (exact) mass is 202 g/mol. The van der Waals surface area contributed by atoms with E-state index in [9.17, 15) is 0 Å². The Bertz CT molecular complexity index is 424. The second-order valence-electron chi connectivity index (χ2n) is 4.06. The normalized spacial score (nSPS) is 18.4. The molecule has 0 unspecified atom stereocenters. The summed E-state index contributed by atoms with van der Waals surface area (Å²) in [6, 6.07) is 5.98. The van der Waals surface area contributed by atoms with Gasteiger partial charge in [0.05, 0.1) is 0 Å². The van der Waals surface area contributed by atoms with E-state index >= 15 is 0 Å². The van der Waals surface area contributed by atoms with Crippen LogP contribution >= 0.6 is 0 Å². The molecule has 1 saturated heterocycles. The minimum Gasteiger partial charge on any atom is -0.459 e. The average molecular weight is 202 g/mol. The Labute approximate surface area is 88.5 Å². The first kappa shape index (κ1) is 8.92. The number of fused-ring (bicyclic) bond motifs is 1. The molecule has 78 valence electrons. The van der Waals surface area contributed by atoms with Crippen molar-refractivity contribution in [3.05, 3.63) is 30.2 Å². The second kappa shape index (κ2) is 3.66. The van der Waals surface area contributed by atoms with E-state index in [1.165, 1.54) is 12.8 Å². The molecule has 1 N–H and O–H groups in total. The molecule has 0 radical (unpaired) electrons. The first-order valence-corrected chi connectivity index (χ1v) is 5.49. The van der Waals surface area contributed by atoms with E-state index in [-0.39, 0.29) is 0 Å². The summed E-state index contributed by atoms with van der Waals surface area (Å²) in [4.78, 5) is 4.29. The van der Waals surface area contributed by atoms with Crippen LogP contribution in [0.25, 0.3) is 11.1 Å². The molecule has 1 aliphatic rings. The molecule has 3 nitrogen and oxygen atoms in total. The number of furan rings is 1. The van der Waals surface area contributed by atoms with Gasteiger partial charge in [-0.3, -0.25) is 4.98 Å². The van der Waals surface area contributed by atoms with Crippen molar-refractivity contribution in [2.75, 3.05) is 13.1 Å². The lowest BCUT2D eigenvalue weighted by molar-refractivity contribution is 0.397. The van der Waals surface area contributed by atoms with Gasteiger partial charge in [0.25, 0.3) is 0 Å². The molecule has 3 heterocycles. The Morgan fingerprint density at radius 2 is 2.20 bits per heavy atom. The standard InChI is InChI=1S/C12H14N2O/c1-2-11-10(14-5-1)8-12(15-11)9-3-6-13-7-4-9/h1-2,5,8-9,13H,3-4,6-7H2. The molecule has 0 saturated carbocycles. The topological polar surface area (TPSA) is 38.1 Å². The molecule has 0 amide bonds. The molecular formula is C12H14N2O. The lowest BCUT2D eigenvalue weighted by Crippen LogP contribution is -2.26. The fourth-order valence-corrected chi connectivity index (χ4v) is 2.20. The lowest BCUT2D eigenvalue weighted by atomic mass is 9.96. The van der Waals surface area contributed by atoms with Gasteiger partial charge in [0.15, 0.2) is 5.58 Å². The van der Waals surface area contributed by atoms with Crippen molar-refractivity contribution in [3.63, 3.8) is 0 Å². The van der Waals surface area contributed by atoms with Gasteiger partial charge in [0.1, 0.15) is 11.3 Å². The molecule has 0 bridgehead atoms. The van der Waals surface area contributed by atoms with E-state index in [1.54, 1.807) is 0 Å². The fourth-order valence-electron chi connectivity index (χ4n) is 2.20. The largest absolute Gasteiger partial charge is 0.459 e. The predicted octanol–water partition coefficient (Wildman–Crippen LogP) is 2.29. The van der Waals surface area contributed by atoms with Crippen molar-refractivity contribution in [1.29, 1.82) is 0 Å². The molecule has 0 aromatic carbocycles. The summed E-state index contributed by atoms with van der Waals surface area (Å²) >= 11 is 0. The van der Waals surface area contributed by atoms with E-state index in [4.69, 9.17) is 4.42 Å². The first-order chi connectivity index (χ1) is 7.43. The molecule has 0 aliphatic carbocycles. The van der Waals surface area contributed by atoms with Crippen LogP contribution < -0.4 is 5.32 Å². The van der Waals surface area contributed by atoms with Crippen molar-refractivity contribution in [2.24, 2.45) is 0 Å². The van der Waals surface area contributed by atoms with Gasteiger partial charge in [-0.25, -0.2) is 0 Å². The van der Waals surface area contributed by atoms with Crippen LogP contribution in [-0.4, -0.2) is 18.1 Å². The Morgan fingerprint density at radius 1 is 1.33 bits per heavy atom. The van der Waals surface area contributed by atoms with Crippen LogP contribution in [0.15, 0.2) is 28.8 Å². The predicted molar refractivity (Wildman–Crippen MR) is 58.9 cm³/mol. The Kier molecular flexibility index (Phi) is 2.18. The molecule has 3 rings (SSSR count). The van der Waals surface area contributed by atoms with E-state index in [2.05, 4.69) is 16.4 Å². The van der Waals surface area contributed by atoms with Crippen LogP contribution in [0, 0.1) is 0 Å². The number of hydrogen-bond donors (Lipinski definition) is 1. The molecule has 0 atom stereocenters. The third-order valence-corrected chi connectivity index (χ3v) is 3.05. The zero-order valence-electron chi connectivity index (χ0n) is 8.57. The van der Waals surface area contributed by atoms with Gasteiger partial charge in [-0.05, 0) is 38.1 Å². The van der Waals surface area contributed by atoms with E-state index in [0.29, 0.717) is 5.92 Å². The number of pyridine rings is 1. The van der Waals surface area contributed by atoms with E-state index < -0.39 is 0 Å². The van der Waals surface area contributed by atoms with Gasteiger partial charge in [-0.15, -0.1) is 0 Å². The smallest absolute Gasteiger partial charge is 0.152 e. The van der Waals surface area contributed by atoms with Crippen LogP contribution in [0.1, 0.15) is 24.5 Å². The zero-order valence-corrected chi connectivity index (χ0v) is 8.57. The number of nitrogens with one attached hydrogen (secondary N) is 1. The Morgan fingerprint density at radius 3 is 3.00 bits per heavy atom. The van der Waals surface area contributed by atoms with Crippen molar-refractivity contribution in [2.45, 2.75) is 18.8 Å². The summed E-state index contributed by atoms with van der Waals surface area (Å²) in [7, 11) is 0. The van der Waals surface area contributed by atoms with Crippen LogP contribution in [0.5, 0.6) is 0 Å². The summed E-state index contributed by atoms with van der Waals surface area (Å²) in [5, 5.41) is 3.36. The summed E-state index contributed by atoms with van der Waals surface area (Å²) < 4.78 is 5.82. The van der Waals surface area contributed by atoms with Gasteiger partial charge < -0.3 is 9.73 Å². The van der Waals surface area contributed by atoms with E-state index in [1.807, 2.05) is 18.3 Å². The summed E-state index contributed by atoms with van der Waals surface area (Å²) in [6.45, 7) is 2.18. The summed E-state index contributed by atoms with van der Waals surface area (Å²) in [6.07, 6.45) is 4.14. The maximum absolute atomic E-state index is 5.82. The Balaban J connectivity index is 1.96. The SMILES string of the molecule is c1cnc2cc(C3CCNCC3)oc2c1. The lowest BCUT2D eigenvalue weighted by Gasteiger charge is -2.20. The van der Waals surface area contributed by atoms with Crippen LogP contribution in [-0.2, 0) is 0 Å². The molecular weight excluding hydrogens is 188 g/mol. The first-order valence-electron chi connectivity index (χ1n) is 5.49.